The fourth-order valence-corrected chi connectivity index (χ4v) is 4.24. The van der Waals surface area contributed by atoms with E-state index in [1.807, 2.05) is 57.2 Å². The summed E-state index contributed by atoms with van der Waals surface area (Å²) in [4.78, 5) is 14.8. The summed E-state index contributed by atoms with van der Waals surface area (Å²) in [6.07, 6.45) is 1.60. The molecule has 1 unspecified atom stereocenters. The first-order valence-corrected chi connectivity index (χ1v) is 9.87. The topological polar surface area (TPSA) is 54.5 Å². The fraction of sp³-hybridized carbons (Fsp3) is 0.250. The number of nitrogens with zero attached hydrogens (tertiary/aromatic N) is 1. The van der Waals surface area contributed by atoms with E-state index in [1.54, 1.807) is 17.0 Å². The van der Waals surface area contributed by atoms with Gasteiger partial charge in [0, 0.05) is 16.7 Å². The standard InChI is InChI=1S/C20H21NO3S/c1-14-5-4-6-17(11-14)20(22)21(19-9-10-25(23,24)13-19)18-8-7-15(2)16(3)12-18/h4-12,19H,13H2,1-3H3. The second kappa shape index (κ2) is 6.48. The van der Waals surface area contributed by atoms with Crippen LogP contribution in [0.25, 0.3) is 0 Å². The zero-order valence-corrected chi connectivity index (χ0v) is 15.4. The predicted molar refractivity (Wildman–Crippen MR) is 101 cm³/mol. The van der Waals surface area contributed by atoms with E-state index in [4.69, 9.17) is 0 Å². The molecule has 0 spiro atoms. The van der Waals surface area contributed by atoms with Crippen LogP contribution in [0, 0.1) is 20.8 Å². The predicted octanol–water partition coefficient (Wildman–Crippen LogP) is 3.57. The summed E-state index contributed by atoms with van der Waals surface area (Å²) in [5.41, 5.74) is 4.43. The van der Waals surface area contributed by atoms with Crippen LogP contribution in [0.1, 0.15) is 27.0 Å². The molecule has 130 valence electrons. The molecule has 0 fully saturated rings. The number of hydrogen-bond donors (Lipinski definition) is 0. The van der Waals surface area contributed by atoms with Crippen molar-refractivity contribution in [1.29, 1.82) is 0 Å². The number of aryl methyl sites for hydroxylation is 3. The lowest BCUT2D eigenvalue weighted by Gasteiger charge is -2.28. The normalized spacial score (nSPS) is 18.3. The molecule has 5 heteroatoms. The van der Waals surface area contributed by atoms with Gasteiger partial charge in [-0.1, -0.05) is 23.8 Å². The van der Waals surface area contributed by atoms with Crippen molar-refractivity contribution in [3.8, 4) is 0 Å². The monoisotopic (exact) mass is 355 g/mol. The van der Waals surface area contributed by atoms with Gasteiger partial charge in [0.15, 0.2) is 9.84 Å². The molecular weight excluding hydrogens is 334 g/mol. The number of amides is 1. The second-order valence-electron chi connectivity index (χ2n) is 6.54. The van der Waals surface area contributed by atoms with Gasteiger partial charge in [-0.05, 0) is 62.2 Å². The van der Waals surface area contributed by atoms with Gasteiger partial charge in [-0.15, -0.1) is 0 Å². The van der Waals surface area contributed by atoms with Crippen molar-refractivity contribution in [2.45, 2.75) is 26.8 Å². The Kier molecular flexibility index (Phi) is 4.52. The van der Waals surface area contributed by atoms with Crippen molar-refractivity contribution in [3.05, 3.63) is 76.2 Å². The van der Waals surface area contributed by atoms with E-state index < -0.39 is 15.9 Å². The van der Waals surface area contributed by atoms with Gasteiger partial charge in [0.2, 0.25) is 0 Å². The van der Waals surface area contributed by atoms with E-state index in [1.165, 1.54) is 5.41 Å². The molecule has 1 amide bonds. The van der Waals surface area contributed by atoms with Crippen molar-refractivity contribution >= 4 is 21.4 Å². The molecule has 1 aliphatic rings. The summed E-state index contributed by atoms with van der Waals surface area (Å²) in [5.74, 6) is -0.281. The Balaban J connectivity index is 2.07. The van der Waals surface area contributed by atoms with Gasteiger partial charge in [0.25, 0.3) is 5.91 Å². The number of hydrogen-bond acceptors (Lipinski definition) is 3. The molecule has 0 N–H and O–H groups in total. The maximum Gasteiger partial charge on any atom is 0.258 e. The van der Waals surface area contributed by atoms with Gasteiger partial charge in [-0.2, -0.15) is 0 Å². The molecule has 0 bridgehead atoms. The lowest BCUT2D eigenvalue weighted by molar-refractivity contribution is 0.0983. The Hall–Kier alpha value is -2.40. The molecule has 1 atom stereocenters. The van der Waals surface area contributed by atoms with Gasteiger partial charge >= 0.3 is 0 Å². The Morgan fingerprint density at radius 1 is 1.04 bits per heavy atom. The van der Waals surface area contributed by atoms with Crippen LogP contribution in [0.2, 0.25) is 0 Å². The number of carbonyl (C=O) groups is 1. The van der Waals surface area contributed by atoms with Gasteiger partial charge < -0.3 is 4.90 Å². The molecule has 1 aliphatic heterocycles. The zero-order chi connectivity index (χ0) is 18.2. The highest BCUT2D eigenvalue weighted by molar-refractivity contribution is 7.94. The minimum absolute atomic E-state index is 0.0858. The molecule has 0 radical (unpaired) electrons. The fourth-order valence-electron chi connectivity index (χ4n) is 2.97. The number of benzene rings is 2. The Morgan fingerprint density at radius 3 is 2.40 bits per heavy atom. The highest BCUT2D eigenvalue weighted by atomic mass is 32.2. The van der Waals surface area contributed by atoms with E-state index in [0.717, 1.165) is 16.7 Å². The zero-order valence-electron chi connectivity index (χ0n) is 14.6. The highest BCUT2D eigenvalue weighted by Gasteiger charge is 2.32. The highest BCUT2D eigenvalue weighted by Crippen LogP contribution is 2.27. The Labute approximate surface area is 148 Å². The van der Waals surface area contributed by atoms with Crippen LogP contribution in [0.4, 0.5) is 5.69 Å². The van der Waals surface area contributed by atoms with Crippen molar-refractivity contribution in [1.82, 2.24) is 0 Å². The molecule has 3 rings (SSSR count). The summed E-state index contributed by atoms with van der Waals surface area (Å²) >= 11 is 0. The van der Waals surface area contributed by atoms with E-state index in [-0.39, 0.29) is 11.7 Å². The lowest BCUT2D eigenvalue weighted by Crippen LogP contribution is -2.41. The first kappa shape index (κ1) is 17.4. The van der Waals surface area contributed by atoms with Gasteiger partial charge in [-0.3, -0.25) is 4.79 Å². The van der Waals surface area contributed by atoms with Crippen molar-refractivity contribution < 1.29 is 13.2 Å². The summed E-state index contributed by atoms with van der Waals surface area (Å²) < 4.78 is 23.8. The van der Waals surface area contributed by atoms with Crippen LogP contribution < -0.4 is 4.90 Å². The maximum absolute atomic E-state index is 13.2. The van der Waals surface area contributed by atoms with Gasteiger partial charge in [-0.25, -0.2) is 8.42 Å². The van der Waals surface area contributed by atoms with Crippen LogP contribution in [-0.2, 0) is 9.84 Å². The average molecular weight is 355 g/mol. The quantitative estimate of drug-likeness (QED) is 0.846. The molecule has 0 saturated heterocycles. The molecule has 2 aromatic rings. The van der Waals surface area contributed by atoms with E-state index in [0.29, 0.717) is 11.3 Å². The van der Waals surface area contributed by atoms with E-state index in [9.17, 15) is 13.2 Å². The summed E-state index contributed by atoms with van der Waals surface area (Å²) in [6, 6.07) is 12.6. The van der Waals surface area contributed by atoms with Crippen molar-refractivity contribution in [2.24, 2.45) is 0 Å². The third-order valence-electron chi connectivity index (χ3n) is 4.50. The number of anilines is 1. The van der Waals surface area contributed by atoms with Crippen molar-refractivity contribution in [2.75, 3.05) is 10.7 Å². The SMILES string of the molecule is Cc1cccc(C(=O)N(c2ccc(C)c(C)c2)C2C=CS(=O)(=O)C2)c1. The smallest absolute Gasteiger partial charge is 0.258 e. The lowest BCUT2D eigenvalue weighted by atomic mass is 10.1. The van der Waals surface area contributed by atoms with Crippen LogP contribution in [0.15, 0.2) is 53.9 Å². The number of rotatable bonds is 3. The first-order chi connectivity index (χ1) is 11.8. The van der Waals surface area contributed by atoms with Gasteiger partial charge in [0.05, 0.1) is 11.8 Å². The third-order valence-corrected chi connectivity index (χ3v) is 5.87. The summed E-state index contributed by atoms with van der Waals surface area (Å²) in [7, 11) is -3.27. The molecule has 0 saturated carbocycles. The molecule has 25 heavy (non-hydrogen) atoms. The molecule has 2 aromatic carbocycles. The Morgan fingerprint density at radius 2 is 1.80 bits per heavy atom. The second-order valence-corrected chi connectivity index (χ2v) is 8.47. The Bertz CT molecular complexity index is 961. The van der Waals surface area contributed by atoms with E-state index in [2.05, 4.69) is 0 Å². The van der Waals surface area contributed by atoms with Crippen LogP contribution >= 0.6 is 0 Å². The van der Waals surface area contributed by atoms with Crippen LogP contribution in [0.3, 0.4) is 0 Å². The van der Waals surface area contributed by atoms with Crippen LogP contribution in [0.5, 0.6) is 0 Å². The first-order valence-electron chi connectivity index (χ1n) is 8.15. The summed E-state index contributed by atoms with van der Waals surface area (Å²) in [5, 5.41) is 1.20. The minimum atomic E-state index is -3.27. The largest absolute Gasteiger partial charge is 0.300 e. The molecule has 0 aliphatic carbocycles. The summed E-state index contributed by atoms with van der Waals surface area (Å²) in [6.45, 7) is 5.91. The molecular formula is C20H21NO3S. The number of sulfone groups is 1. The minimum Gasteiger partial charge on any atom is -0.300 e. The maximum atomic E-state index is 13.2. The molecule has 4 nitrogen and oxygen atoms in total. The molecule has 1 heterocycles. The molecule has 0 aromatic heterocycles. The van der Waals surface area contributed by atoms with Gasteiger partial charge in [0.1, 0.15) is 0 Å². The van der Waals surface area contributed by atoms with E-state index >= 15 is 0 Å². The third kappa shape index (κ3) is 3.66. The van der Waals surface area contributed by atoms with Crippen molar-refractivity contribution in [3.63, 3.8) is 0 Å². The number of carbonyl (C=O) groups excluding carboxylic acids is 1. The van der Waals surface area contributed by atoms with Crippen LogP contribution in [-0.4, -0.2) is 26.1 Å². The average Bonchev–Trinajstić information content (AvgIpc) is 2.90.